The van der Waals surface area contributed by atoms with E-state index in [0.29, 0.717) is 49.6 Å². The van der Waals surface area contributed by atoms with E-state index in [2.05, 4.69) is 34.5 Å². The SMILES string of the molecule is CS(=O)(=O)c1ccc(CN2CCC3(CCN(C(C(=O)c4ccccc4Cl)[C@@H]4CNC[C@@H]4c4ccccc4)CC3)C2=O)cc1.Cl. The maximum Gasteiger partial charge on any atom is 0.229 e. The molecule has 3 aliphatic heterocycles. The summed E-state index contributed by atoms with van der Waals surface area (Å²) in [6.45, 7) is 4.04. The van der Waals surface area contributed by atoms with E-state index in [1.165, 1.54) is 11.8 Å². The molecule has 7 nitrogen and oxygen atoms in total. The molecule has 3 fully saturated rings. The van der Waals surface area contributed by atoms with Crippen LogP contribution in [0.15, 0.2) is 83.8 Å². The first kappa shape index (κ1) is 32.6. The van der Waals surface area contributed by atoms with Crippen molar-refractivity contribution in [3.8, 4) is 0 Å². The molecule has 1 N–H and O–H groups in total. The molecule has 0 aliphatic carbocycles. The molecule has 10 heteroatoms. The van der Waals surface area contributed by atoms with Gasteiger partial charge in [-0.05, 0) is 67.7 Å². The van der Waals surface area contributed by atoms with Crippen LogP contribution < -0.4 is 5.32 Å². The van der Waals surface area contributed by atoms with Crippen molar-refractivity contribution in [2.45, 2.75) is 42.7 Å². The van der Waals surface area contributed by atoms with Gasteiger partial charge in [-0.3, -0.25) is 14.5 Å². The summed E-state index contributed by atoms with van der Waals surface area (Å²) in [5.41, 5.74) is 2.28. The molecule has 0 aromatic heterocycles. The van der Waals surface area contributed by atoms with E-state index in [0.717, 1.165) is 25.1 Å². The van der Waals surface area contributed by atoms with Gasteiger partial charge in [0.05, 0.1) is 21.4 Å². The number of piperidine rings is 1. The Labute approximate surface area is 271 Å². The first-order valence-corrected chi connectivity index (χ1v) is 17.3. The molecule has 3 atom stereocenters. The molecular formula is C34H39Cl2N3O4S. The van der Waals surface area contributed by atoms with Gasteiger partial charge in [0.25, 0.3) is 0 Å². The lowest BCUT2D eigenvalue weighted by atomic mass is 9.74. The molecule has 1 spiro atoms. The van der Waals surface area contributed by atoms with Gasteiger partial charge < -0.3 is 10.2 Å². The van der Waals surface area contributed by atoms with Crippen LogP contribution in [0.1, 0.15) is 46.7 Å². The molecule has 3 heterocycles. The molecule has 234 valence electrons. The van der Waals surface area contributed by atoms with Crippen molar-refractivity contribution in [1.29, 1.82) is 0 Å². The Morgan fingerprint density at radius 2 is 1.57 bits per heavy atom. The van der Waals surface area contributed by atoms with Gasteiger partial charge in [0.1, 0.15) is 0 Å². The summed E-state index contributed by atoms with van der Waals surface area (Å²) in [4.78, 5) is 32.6. The summed E-state index contributed by atoms with van der Waals surface area (Å²) in [6.07, 6.45) is 3.40. The number of carbonyl (C=O) groups is 2. The lowest BCUT2D eigenvalue weighted by Crippen LogP contribution is -2.54. The van der Waals surface area contributed by atoms with Gasteiger partial charge in [-0.1, -0.05) is 66.2 Å². The second-order valence-corrected chi connectivity index (χ2v) is 14.8. The third kappa shape index (κ3) is 6.46. The predicted molar refractivity (Wildman–Crippen MR) is 175 cm³/mol. The molecule has 1 amide bonds. The fourth-order valence-corrected chi connectivity index (χ4v) is 8.21. The van der Waals surface area contributed by atoms with Crippen molar-refractivity contribution in [3.63, 3.8) is 0 Å². The quantitative estimate of drug-likeness (QED) is 0.334. The summed E-state index contributed by atoms with van der Waals surface area (Å²) in [5.74, 6) is 0.489. The Morgan fingerprint density at radius 3 is 2.23 bits per heavy atom. The second kappa shape index (κ2) is 13.3. The lowest BCUT2D eigenvalue weighted by molar-refractivity contribution is -0.139. The van der Waals surface area contributed by atoms with Crippen molar-refractivity contribution in [1.82, 2.24) is 15.1 Å². The fraction of sp³-hybridized carbons (Fsp3) is 0.412. The molecular weight excluding hydrogens is 617 g/mol. The van der Waals surface area contributed by atoms with Crippen molar-refractivity contribution in [2.75, 3.05) is 39.0 Å². The van der Waals surface area contributed by atoms with Crippen LogP contribution in [0, 0.1) is 11.3 Å². The van der Waals surface area contributed by atoms with Crippen LogP contribution in [-0.4, -0.2) is 74.9 Å². The number of halogens is 2. The minimum atomic E-state index is -3.26. The average Bonchev–Trinajstić information content (AvgIpc) is 3.60. The number of carbonyl (C=O) groups excluding carboxylic acids is 2. The van der Waals surface area contributed by atoms with Crippen LogP contribution in [0.2, 0.25) is 5.02 Å². The van der Waals surface area contributed by atoms with Crippen molar-refractivity contribution < 1.29 is 18.0 Å². The van der Waals surface area contributed by atoms with Crippen molar-refractivity contribution in [3.05, 3.63) is 101 Å². The van der Waals surface area contributed by atoms with E-state index >= 15 is 0 Å². The number of nitrogens with one attached hydrogen (secondary N) is 1. The normalized spacial score (nSPS) is 22.6. The third-order valence-electron chi connectivity index (χ3n) is 9.78. The number of hydrogen-bond donors (Lipinski definition) is 1. The molecule has 3 aromatic rings. The van der Waals surface area contributed by atoms with E-state index in [-0.39, 0.29) is 46.9 Å². The van der Waals surface area contributed by atoms with Crippen LogP contribution in [0.5, 0.6) is 0 Å². The number of sulfone groups is 1. The zero-order chi connectivity index (χ0) is 30.2. The number of ketones is 1. The van der Waals surface area contributed by atoms with Gasteiger partial charge in [-0.25, -0.2) is 8.42 Å². The molecule has 0 bridgehead atoms. The highest BCUT2D eigenvalue weighted by molar-refractivity contribution is 7.90. The topological polar surface area (TPSA) is 86.8 Å². The summed E-state index contributed by atoms with van der Waals surface area (Å²) in [5, 5.41) is 4.02. The molecule has 3 aromatic carbocycles. The Morgan fingerprint density at radius 1 is 0.932 bits per heavy atom. The molecule has 6 rings (SSSR count). The van der Waals surface area contributed by atoms with Crippen molar-refractivity contribution >= 4 is 45.5 Å². The molecule has 3 aliphatic rings. The number of nitrogens with zero attached hydrogens (tertiary/aromatic N) is 2. The molecule has 3 saturated heterocycles. The largest absolute Gasteiger partial charge is 0.338 e. The van der Waals surface area contributed by atoms with Crippen LogP contribution in [0.25, 0.3) is 0 Å². The highest BCUT2D eigenvalue weighted by atomic mass is 35.5. The van der Waals surface area contributed by atoms with Crippen LogP contribution in [0.4, 0.5) is 0 Å². The fourth-order valence-electron chi connectivity index (χ4n) is 7.35. The maximum atomic E-state index is 14.3. The average molecular weight is 657 g/mol. The van der Waals surface area contributed by atoms with Crippen molar-refractivity contribution in [2.24, 2.45) is 11.3 Å². The van der Waals surface area contributed by atoms with Crippen LogP contribution in [0.3, 0.4) is 0 Å². The van der Waals surface area contributed by atoms with Crippen LogP contribution in [-0.2, 0) is 21.2 Å². The molecule has 0 saturated carbocycles. The summed E-state index contributed by atoms with van der Waals surface area (Å²) in [6, 6.07) is 24.2. The summed E-state index contributed by atoms with van der Waals surface area (Å²) >= 11 is 6.56. The first-order chi connectivity index (χ1) is 20.7. The number of benzene rings is 3. The molecule has 1 unspecified atom stereocenters. The smallest absolute Gasteiger partial charge is 0.229 e. The Bertz CT molecular complexity index is 1590. The predicted octanol–water partition coefficient (Wildman–Crippen LogP) is 5.23. The second-order valence-electron chi connectivity index (χ2n) is 12.3. The highest BCUT2D eigenvalue weighted by Crippen LogP contribution is 2.44. The van der Waals surface area contributed by atoms with Gasteiger partial charge >= 0.3 is 0 Å². The minimum Gasteiger partial charge on any atom is -0.338 e. The maximum absolute atomic E-state index is 14.3. The number of likely N-dealkylation sites (tertiary alicyclic amines) is 2. The minimum absolute atomic E-state index is 0. The van der Waals surface area contributed by atoms with E-state index in [1.807, 2.05) is 29.2 Å². The summed E-state index contributed by atoms with van der Waals surface area (Å²) in [7, 11) is -3.26. The van der Waals surface area contributed by atoms with E-state index in [4.69, 9.17) is 11.6 Å². The standard InChI is InChI=1S/C34H38ClN3O4S.ClH/c1-43(41,42)26-13-11-24(12-14-26)23-38-20-17-34(33(38)40)15-18-37(19-16-34)31(32(39)27-9-5-6-10-30(27)35)29-22-36-21-28(29)25-7-3-2-4-8-25;/h2-14,28-29,31,36H,15-23H2,1H3;1H/t28-,29-,31?;/m1./s1. The Kier molecular flexibility index (Phi) is 9.87. The van der Waals surface area contributed by atoms with Gasteiger partial charge in [-0.2, -0.15) is 0 Å². The molecule has 0 radical (unpaired) electrons. The van der Waals surface area contributed by atoms with Gasteiger partial charge in [0.15, 0.2) is 15.6 Å². The zero-order valence-corrected chi connectivity index (χ0v) is 27.2. The number of rotatable bonds is 8. The highest BCUT2D eigenvalue weighted by Gasteiger charge is 2.51. The monoisotopic (exact) mass is 655 g/mol. The van der Waals surface area contributed by atoms with E-state index in [9.17, 15) is 18.0 Å². The van der Waals surface area contributed by atoms with E-state index in [1.54, 1.807) is 30.3 Å². The third-order valence-corrected chi connectivity index (χ3v) is 11.2. The van der Waals surface area contributed by atoms with Crippen LogP contribution >= 0.6 is 24.0 Å². The Balaban J connectivity index is 0.00000384. The number of hydrogen-bond acceptors (Lipinski definition) is 6. The van der Waals surface area contributed by atoms with E-state index < -0.39 is 15.3 Å². The lowest BCUT2D eigenvalue weighted by Gasteiger charge is -2.43. The zero-order valence-electron chi connectivity index (χ0n) is 24.8. The number of amides is 1. The number of Topliss-reactive ketones (excluding diaryl/α,β-unsaturated/α-hetero) is 1. The van der Waals surface area contributed by atoms with Gasteiger partial charge in [-0.15, -0.1) is 12.4 Å². The summed E-state index contributed by atoms with van der Waals surface area (Å²) < 4.78 is 23.7. The van der Waals surface area contributed by atoms with Gasteiger partial charge in [0, 0.05) is 49.8 Å². The Hall–Kier alpha value is -2.75. The van der Waals surface area contributed by atoms with Gasteiger partial charge in [0.2, 0.25) is 5.91 Å². The first-order valence-electron chi connectivity index (χ1n) is 15.0. The molecule has 44 heavy (non-hydrogen) atoms.